The molecule has 0 spiro atoms. The predicted octanol–water partition coefficient (Wildman–Crippen LogP) is 1.50. The van der Waals surface area contributed by atoms with Crippen molar-refractivity contribution >= 4 is 6.09 Å². The van der Waals surface area contributed by atoms with E-state index in [0.29, 0.717) is 5.69 Å². The summed E-state index contributed by atoms with van der Waals surface area (Å²) in [7, 11) is 0. The van der Waals surface area contributed by atoms with Crippen LogP contribution >= 0.6 is 0 Å². The van der Waals surface area contributed by atoms with Crippen molar-refractivity contribution in [3.8, 4) is 0 Å². The predicted molar refractivity (Wildman–Crippen MR) is 87.0 cm³/mol. The second kappa shape index (κ2) is 8.95. The molecule has 2 aromatic rings. The van der Waals surface area contributed by atoms with Crippen LogP contribution in [0.3, 0.4) is 0 Å². The summed E-state index contributed by atoms with van der Waals surface area (Å²) in [6, 6.07) is 12.6. The van der Waals surface area contributed by atoms with E-state index in [1.165, 1.54) is 0 Å². The molecule has 0 saturated heterocycles. The number of aliphatic hydroxyl groups is 2. The van der Waals surface area contributed by atoms with Gasteiger partial charge in [0.2, 0.25) is 0 Å². The van der Waals surface area contributed by atoms with Gasteiger partial charge in [-0.2, -0.15) is 10.2 Å². The molecule has 0 saturated carbocycles. The van der Waals surface area contributed by atoms with Gasteiger partial charge in [0.05, 0.1) is 17.5 Å². The number of carbonyl (C=O) groups excluding carboxylic acids is 1. The molecule has 1 heterocycles. The van der Waals surface area contributed by atoms with Gasteiger partial charge in [-0.3, -0.25) is 0 Å². The number of nitrogens with one attached hydrogen (secondary N) is 1. The van der Waals surface area contributed by atoms with Crippen LogP contribution in [-0.2, 0) is 11.3 Å². The van der Waals surface area contributed by atoms with Gasteiger partial charge < -0.3 is 20.3 Å². The van der Waals surface area contributed by atoms with Crippen LogP contribution in [0, 0.1) is 6.92 Å². The SMILES string of the molecule is Cc1ccc(C(O)C(O)CCNC(=O)OCc2ccccc2)nn1. The number of carbonyl (C=O) groups is 1. The number of hydrogen-bond acceptors (Lipinski definition) is 6. The van der Waals surface area contributed by atoms with Crippen LogP contribution in [0.4, 0.5) is 4.79 Å². The fraction of sp³-hybridized carbons (Fsp3) is 0.353. The molecule has 1 amide bonds. The Labute approximate surface area is 140 Å². The fourth-order valence-corrected chi connectivity index (χ4v) is 2.02. The lowest BCUT2D eigenvalue weighted by molar-refractivity contribution is 0.0106. The number of aryl methyl sites for hydroxylation is 1. The zero-order valence-electron chi connectivity index (χ0n) is 13.4. The van der Waals surface area contributed by atoms with Crippen molar-refractivity contribution in [1.29, 1.82) is 0 Å². The van der Waals surface area contributed by atoms with E-state index >= 15 is 0 Å². The average molecular weight is 331 g/mol. The molecule has 0 fully saturated rings. The van der Waals surface area contributed by atoms with Crippen molar-refractivity contribution in [1.82, 2.24) is 15.5 Å². The van der Waals surface area contributed by atoms with Gasteiger partial charge in [-0.25, -0.2) is 4.79 Å². The second-order valence-electron chi connectivity index (χ2n) is 5.39. The summed E-state index contributed by atoms with van der Waals surface area (Å²) in [6.45, 7) is 2.13. The van der Waals surface area contributed by atoms with Gasteiger partial charge in [-0.1, -0.05) is 30.3 Å². The van der Waals surface area contributed by atoms with Gasteiger partial charge in [0, 0.05) is 6.54 Å². The Balaban J connectivity index is 1.68. The molecule has 0 radical (unpaired) electrons. The summed E-state index contributed by atoms with van der Waals surface area (Å²) in [5, 5.41) is 30.1. The fourth-order valence-electron chi connectivity index (χ4n) is 2.02. The van der Waals surface area contributed by atoms with Crippen LogP contribution in [0.5, 0.6) is 0 Å². The minimum absolute atomic E-state index is 0.164. The Morgan fingerprint density at radius 3 is 2.58 bits per heavy atom. The minimum atomic E-state index is -1.15. The molecule has 7 heteroatoms. The standard InChI is InChI=1S/C17H21N3O4/c1-12-7-8-14(20-19-12)16(22)15(21)9-10-18-17(23)24-11-13-5-3-2-4-6-13/h2-8,15-16,21-22H,9-11H2,1H3,(H,18,23). The lowest BCUT2D eigenvalue weighted by Gasteiger charge is -2.17. The number of aromatic nitrogens is 2. The molecule has 1 aromatic heterocycles. The smallest absolute Gasteiger partial charge is 0.407 e. The summed E-state index contributed by atoms with van der Waals surface area (Å²) in [5.74, 6) is 0. The Morgan fingerprint density at radius 2 is 1.92 bits per heavy atom. The Kier molecular flexibility index (Phi) is 6.65. The first kappa shape index (κ1) is 17.8. The Morgan fingerprint density at radius 1 is 1.17 bits per heavy atom. The molecule has 0 bridgehead atoms. The zero-order chi connectivity index (χ0) is 17.4. The first-order valence-corrected chi connectivity index (χ1v) is 7.67. The molecule has 7 nitrogen and oxygen atoms in total. The Hall–Kier alpha value is -2.51. The number of hydrogen-bond donors (Lipinski definition) is 3. The van der Waals surface area contributed by atoms with Crippen molar-refractivity contribution < 1.29 is 19.7 Å². The second-order valence-corrected chi connectivity index (χ2v) is 5.39. The summed E-state index contributed by atoms with van der Waals surface area (Å²) < 4.78 is 5.05. The molecule has 0 aliphatic heterocycles. The van der Waals surface area contributed by atoms with Gasteiger partial charge in [-0.15, -0.1) is 0 Å². The highest BCUT2D eigenvalue weighted by Crippen LogP contribution is 2.15. The number of nitrogens with zero attached hydrogens (tertiary/aromatic N) is 2. The number of alkyl carbamates (subject to hydrolysis) is 1. The molecule has 2 atom stereocenters. The third-order valence-electron chi connectivity index (χ3n) is 3.41. The van der Waals surface area contributed by atoms with Gasteiger partial charge in [-0.05, 0) is 31.0 Å². The summed E-state index contributed by atoms with van der Waals surface area (Å²) in [5.41, 5.74) is 1.91. The zero-order valence-corrected chi connectivity index (χ0v) is 13.4. The average Bonchev–Trinajstić information content (AvgIpc) is 2.61. The van der Waals surface area contributed by atoms with Crippen LogP contribution in [0.2, 0.25) is 0 Å². The maximum absolute atomic E-state index is 11.6. The summed E-state index contributed by atoms with van der Waals surface area (Å²) >= 11 is 0. The van der Waals surface area contributed by atoms with E-state index in [-0.39, 0.29) is 19.6 Å². The van der Waals surface area contributed by atoms with Crippen LogP contribution in [0.25, 0.3) is 0 Å². The van der Waals surface area contributed by atoms with Crippen molar-refractivity contribution in [3.63, 3.8) is 0 Å². The van der Waals surface area contributed by atoms with Crippen LogP contribution in [0.15, 0.2) is 42.5 Å². The first-order valence-electron chi connectivity index (χ1n) is 7.67. The van der Waals surface area contributed by atoms with Gasteiger partial charge in [0.25, 0.3) is 0 Å². The normalized spacial score (nSPS) is 13.1. The molecule has 1 aromatic carbocycles. The van der Waals surface area contributed by atoms with Crippen molar-refractivity contribution in [2.24, 2.45) is 0 Å². The molecular formula is C17H21N3O4. The quantitative estimate of drug-likeness (QED) is 0.710. The van der Waals surface area contributed by atoms with Crippen molar-refractivity contribution in [2.45, 2.75) is 32.2 Å². The van der Waals surface area contributed by atoms with Crippen LogP contribution < -0.4 is 5.32 Å². The molecule has 24 heavy (non-hydrogen) atoms. The highest BCUT2D eigenvalue weighted by molar-refractivity contribution is 5.67. The van der Waals surface area contributed by atoms with Gasteiger partial charge >= 0.3 is 6.09 Å². The van der Waals surface area contributed by atoms with E-state index < -0.39 is 18.3 Å². The van der Waals surface area contributed by atoms with E-state index in [2.05, 4.69) is 15.5 Å². The monoisotopic (exact) mass is 331 g/mol. The van der Waals surface area contributed by atoms with E-state index in [4.69, 9.17) is 4.74 Å². The summed E-state index contributed by atoms with van der Waals surface area (Å²) in [4.78, 5) is 11.6. The highest BCUT2D eigenvalue weighted by atomic mass is 16.5. The topological polar surface area (TPSA) is 105 Å². The van der Waals surface area contributed by atoms with Crippen LogP contribution in [-0.4, -0.2) is 39.2 Å². The van der Waals surface area contributed by atoms with E-state index in [0.717, 1.165) is 11.3 Å². The minimum Gasteiger partial charge on any atom is -0.445 e. The number of rotatable bonds is 7. The lowest BCUT2D eigenvalue weighted by Crippen LogP contribution is -2.30. The number of benzene rings is 1. The third-order valence-corrected chi connectivity index (χ3v) is 3.41. The maximum atomic E-state index is 11.6. The summed E-state index contributed by atoms with van der Waals surface area (Å²) in [6.07, 6.45) is -2.62. The highest BCUT2D eigenvalue weighted by Gasteiger charge is 2.20. The first-order chi connectivity index (χ1) is 11.6. The third kappa shape index (κ3) is 5.60. The van der Waals surface area contributed by atoms with Crippen molar-refractivity contribution in [3.05, 3.63) is 59.4 Å². The molecule has 128 valence electrons. The van der Waals surface area contributed by atoms with Crippen LogP contribution in [0.1, 0.15) is 29.5 Å². The largest absolute Gasteiger partial charge is 0.445 e. The molecule has 3 N–H and O–H groups in total. The molecule has 2 unspecified atom stereocenters. The number of amides is 1. The lowest BCUT2D eigenvalue weighted by atomic mass is 10.1. The molecule has 2 rings (SSSR count). The maximum Gasteiger partial charge on any atom is 0.407 e. The Bertz CT molecular complexity index is 634. The van der Waals surface area contributed by atoms with Crippen molar-refractivity contribution in [2.75, 3.05) is 6.54 Å². The van der Waals surface area contributed by atoms with E-state index in [9.17, 15) is 15.0 Å². The molecular weight excluding hydrogens is 310 g/mol. The number of aliphatic hydroxyl groups excluding tert-OH is 2. The molecule has 0 aliphatic carbocycles. The van der Waals surface area contributed by atoms with E-state index in [1.54, 1.807) is 19.1 Å². The van der Waals surface area contributed by atoms with Gasteiger partial charge in [0.15, 0.2) is 0 Å². The van der Waals surface area contributed by atoms with E-state index in [1.807, 2.05) is 30.3 Å². The number of ether oxygens (including phenoxy) is 1. The van der Waals surface area contributed by atoms with Gasteiger partial charge in [0.1, 0.15) is 12.7 Å². The molecule has 0 aliphatic rings.